The van der Waals surface area contributed by atoms with Gasteiger partial charge in [0.05, 0.1) is 13.2 Å². The van der Waals surface area contributed by atoms with E-state index in [4.69, 9.17) is 4.74 Å². The van der Waals surface area contributed by atoms with Gasteiger partial charge in [0.2, 0.25) is 5.91 Å². The number of carbonyl (C=O) groups excluding carboxylic acids is 1. The number of thioether (sulfide) groups is 1. The summed E-state index contributed by atoms with van der Waals surface area (Å²) in [4.78, 5) is 16.3. The predicted molar refractivity (Wildman–Crippen MR) is 120 cm³/mol. The Hall–Kier alpha value is -2.72. The number of piperidine rings is 1. The third-order valence-corrected chi connectivity index (χ3v) is 6.68. The van der Waals surface area contributed by atoms with Crippen LogP contribution in [0.4, 0.5) is 5.69 Å². The molecular formula is C25H25NO2S. The molecule has 0 bridgehead atoms. The van der Waals surface area contributed by atoms with E-state index in [0.29, 0.717) is 6.42 Å². The lowest BCUT2D eigenvalue weighted by Crippen LogP contribution is -2.44. The summed E-state index contributed by atoms with van der Waals surface area (Å²) in [7, 11) is 1.65. The summed E-state index contributed by atoms with van der Waals surface area (Å²) in [5.74, 6) is 0.963. The van der Waals surface area contributed by atoms with Gasteiger partial charge in [0, 0.05) is 22.3 Å². The zero-order valence-electron chi connectivity index (χ0n) is 16.7. The Morgan fingerprint density at radius 1 is 0.931 bits per heavy atom. The van der Waals surface area contributed by atoms with E-state index in [9.17, 15) is 4.79 Å². The Bertz CT molecular complexity index is 954. The highest BCUT2D eigenvalue weighted by Crippen LogP contribution is 2.44. The SMILES string of the molecule is COc1ccc(N2C(=O)CCC(Sc3ccc(C)cc3)C2c2ccccc2)cc1. The van der Waals surface area contributed by atoms with E-state index < -0.39 is 0 Å². The molecule has 3 aromatic carbocycles. The van der Waals surface area contributed by atoms with Gasteiger partial charge in [-0.25, -0.2) is 0 Å². The van der Waals surface area contributed by atoms with Gasteiger partial charge in [-0.05, 0) is 55.3 Å². The highest BCUT2D eigenvalue weighted by molar-refractivity contribution is 8.00. The van der Waals surface area contributed by atoms with Gasteiger partial charge in [-0.2, -0.15) is 0 Å². The standard InChI is InChI=1S/C25H25NO2S/c1-18-8-14-22(15-9-18)29-23-16-17-24(27)26(20-10-12-21(28-2)13-11-20)25(23)19-6-4-3-5-7-19/h3-15,23,25H,16-17H2,1-2H3. The number of carbonyl (C=O) groups is 1. The minimum atomic E-state index is -0.0165. The van der Waals surface area contributed by atoms with Crippen molar-refractivity contribution in [1.29, 1.82) is 0 Å². The number of methoxy groups -OCH3 is 1. The van der Waals surface area contributed by atoms with Crippen LogP contribution >= 0.6 is 11.8 Å². The number of benzene rings is 3. The summed E-state index contributed by atoms with van der Waals surface area (Å²) in [6, 6.07) is 26.8. The second-order valence-corrected chi connectivity index (χ2v) is 8.64. The molecule has 4 rings (SSSR count). The minimum absolute atomic E-state index is 0.0165. The smallest absolute Gasteiger partial charge is 0.227 e. The number of hydrogen-bond donors (Lipinski definition) is 0. The molecule has 0 spiro atoms. The average molecular weight is 404 g/mol. The summed E-state index contributed by atoms with van der Waals surface area (Å²) in [6.07, 6.45) is 1.42. The van der Waals surface area contributed by atoms with Crippen LogP contribution in [0.3, 0.4) is 0 Å². The number of nitrogens with zero attached hydrogens (tertiary/aromatic N) is 1. The van der Waals surface area contributed by atoms with Crippen LogP contribution in [0.15, 0.2) is 83.8 Å². The molecule has 0 aliphatic carbocycles. The van der Waals surface area contributed by atoms with Gasteiger partial charge in [0.25, 0.3) is 0 Å². The number of rotatable bonds is 5. The average Bonchev–Trinajstić information content (AvgIpc) is 2.77. The van der Waals surface area contributed by atoms with Crippen LogP contribution in [0.5, 0.6) is 5.75 Å². The number of aryl methyl sites for hydroxylation is 1. The lowest BCUT2D eigenvalue weighted by molar-refractivity contribution is -0.120. The first-order chi connectivity index (χ1) is 14.2. The largest absolute Gasteiger partial charge is 0.497 e. The Morgan fingerprint density at radius 3 is 2.28 bits per heavy atom. The normalized spacial score (nSPS) is 19.2. The maximum atomic E-state index is 13.1. The minimum Gasteiger partial charge on any atom is -0.497 e. The molecule has 0 radical (unpaired) electrons. The van der Waals surface area contributed by atoms with Crippen LogP contribution < -0.4 is 9.64 Å². The van der Waals surface area contributed by atoms with E-state index >= 15 is 0 Å². The molecule has 1 aliphatic heterocycles. The van der Waals surface area contributed by atoms with Crippen LogP contribution in [-0.4, -0.2) is 18.3 Å². The summed E-state index contributed by atoms with van der Waals surface area (Å²) in [5, 5.41) is 0.278. The lowest BCUT2D eigenvalue weighted by Gasteiger charge is -2.41. The van der Waals surface area contributed by atoms with E-state index in [2.05, 4.69) is 43.3 Å². The monoisotopic (exact) mass is 403 g/mol. The molecule has 148 valence electrons. The van der Waals surface area contributed by atoms with Crippen molar-refractivity contribution in [3.05, 3.63) is 90.0 Å². The fraction of sp³-hybridized carbons (Fsp3) is 0.240. The van der Waals surface area contributed by atoms with Crippen molar-refractivity contribution in [2.45, 2.75) is 36.0 Å². The van der Waals surface area contributed by atoms with Crippen LogP contribution in [0, 0.1) is 6.92 Å². The van der Waals surface area contributed by atoms with Crippen molar-refractivity contribution in [2.24, 2.45) is 0 Å². The third-order valence-electron chi connectivity index (χ3n) is 5.34. The van der Waals surface area contributed by atoms with Crippen LogP contribution in [0.1, 0.15) is 30.0 Å². The van der Waals surface area contributed by atoms with Gasteiger partial charge in [0.1, 0.15) is 5.75 Å². The first-order valence-corrected chi connectivity index (χ1v) is 10.8. The number of ether oxygens (including phenoxy) is 1. The molecule has 0 N–H and O–H groups in total. The van der Waals surface area contributed by atoms with Gasteiger partial charge in [-0.3, -0.25) is 4.79 Å². The number of hydrogen-bond acceptors (Lipinski definition) is 3. The number of anilines is 1. The van der Waals surface area contributed by atoms with Gasteiger partial charge in [-0.15, -0.1) is 11.8 Å². The molecule has 1 aliphatic rings. The topological polar surface area (TPSA) is 29.5 Å². The van der Waals surface area contributed by atoms with Crippen molar-refractivity contribution in [3.8, 4) is 5.75 Å². The molecule has 1 saturated heterocycles. The van der Waals surface area contributed by atoms with Crippen LogP contribution in [0.2, 0.25) is 0 Å². The molecule has 29 heavy (non-hydrogen) atoms. The van der Waals surface area contributed by atoms with Gasteiger partial charge >= 0.3 is 0 Å². The summed E-state index contributed by atoms with van der Waals surface area (Å²) < 4.78 is 5.30. The molecule has 3 aromatic rings. The molecule has 2 unspecified atom stereocenters. The van der Waals surface area contributed by atoms with Crippen LogP contribution in [-0.2, 0) is 4.79 Å². The molecule has 1 amide bonds. The molecule has 1 heterocycles. The lowest BCUT2D eigenvalue weighted by atomic mass is 9.93. The fourth-order valence-electron chi connectivity index (χ4n) is 3.84. The summed E-state index contributed by atoms with van der Waals surface area (Å²) >= 11 is 1.87. The van der Waals surface area contributed by atoms with E-state index in [1.165, 1.54) is 16.0 Å². The third kappa shape index (κ3) is 4.33. The highest BCUT2D eigenvalue weighted by atomic mass is 32.2. The van der Waals surface area contributed by atoms with Crippen molar-refractivity contribution >= 4 is 23.4 Å². The Morgan fingerprint density at radius 2 is 1.62 bits per heavy atom. The molecule has 4 heteroatoms. The van der Waals surface area contributed by atoms with E-state index in [1.54, 1.807) is 7.11 Å². The number of amides is 1. The quantitative estimate of drug-likeness (QED) is 0.521. The molecule has 0 aromatic heterocycles. The predicted octanol–water partition coefficient (Wildman–Crippen LogP) is 6.03. The first-order valence-electron chi connectivity index (χ1n) is 9.90. The first kappa shape index (κ1) is 19.6. The van der Waals surface area contributed by atoms with E-state index in [1.807, 2.05) is 59.1 Å². The van der Waals surface area contributed by atoms with Crippen molar-refractivity contribution in [2.75, 3.05) is 12.0 Å². The highest BCUT2D eigenvalue weighted by Gasteiger charge is 2.38. The Labute approximate surface area is 176 Å². The fourth-order valence-corrected chi connectivity index (χ4v) is 5.13. The second kappa shape index (κ2) is 8.75. The molecule has 0 saturated carbocycles. The van der Waals surface area contributed by atoms with Gasteiger partial charge in [-0.1, -0.05) is 48.0 Å². The van der Waals surface area contributed by atoms with Crippen molar-refractivity contribution < 1.29 is 9.53 Å². The van der Waals surface area contributed by atoms with Gasteiger partial charge in [0.15, 0.2) is 0 Å². The summed E-state index contributed by atoms with van der Waals surface area (Å²) in [5.41, 5.74) is 3.34. The second-order valence-electron chi connectivity index (χ2n) is 7.33. The molecule has 3 nitrogen and oxygen atoms in total. The molecule has 1 fully saturated rings. The van der Waals surface area contributed by atoms with Gasteiger partial charge < -0.3 is 9.64 Å². The Balaban J connectivity index is 1.72. The van der Waals surface area contributed by atoms with Crippen LogP contribution in [0.25, 0.3) is 0 Å². The Kier molecular flexibility index (Phi) is 5.91. The maximum Gasteiger partial charge on any atom is 0.227 e. The zero-order chi connectivity index (χ0) is 20.2. The zero-order valence-corrected chi connectivity index (χ0v) is 17.6. The van der Waals surface area contributed by atoms with Crippen molar-refractivity contribution in [3.63, 3.8) is 0 Å². The van der Waals surface area contributed by atoms with E-state index in [0.717, 1.165) is 17.9 Å². The van der Waals surface area contributed by atoms with E-state index in [-0.39, 0.29) is 17.2 Å². The molecular weight excluding hydrogens is 378 g/mol. The maximum absolute atomic E-state index is 13.1. The molecule has 2 atom stereocenters. The van der Waals surface area contributed by atoms with Crippen molar-refractivity contribution in [1.82, 2.24) is 0 Å². The summed E-state index contributed by atoms with van der Waals surface area (Å²) in [6.45, 7) is 2.10.